The van der Waals surface area contributed by atoms with Crippen LogP contribution < -0.4 is 5.32 Å². The summed E-state index contributed by atoms with van der Waals surface area (Å²) < 4.78 is 5.19. The van der Waals surface area contributed by atoms with Crippen molar-refractivity contribution in [2.24, 2.45) is 0 Å². The number of amides is 1. The van der Waals surface area contributed by atoms with Gasteiger partial charge in [0.2, 0.25) is 0 Å². The molecule has 0 aliphatic heterocycles. The second kappa shape index (κ2) is 8.17. The van der Waals surface area contributed by atoms with E-state index in [2.05, 4.69) is 19.2 Å². The molecule has 0 aromatic carbocycles. The van der Waals surface area contributed by atoms with Gasteiger partial charge in [0.25, 0.3) is 0 Å². The quantitative estimate of drug-likeness (QED) is 0.558. The molecule has 0 atom stereocenters. The van der Waals surface area contributed by atoms with Crippen molar-refractivity contribution in [1.29, 1.82) is 0 Å². The molecule has 0 aliphatic carbocycles. The summed E-state index contributed by atoms with van der Waals surface area (Å²) in [7, 11) is 0. The largest absolute Gasteiger partial charge is 0.444 e. The fourth-order valence-corrected chi connectivity index (χ4v) is 3.21. The monoisotopic (exact) mass is 295 g/mol. The summed E-state index contributed by atoms with van der Waals surface area (Å²) in [6.45, 7) is 10.5. The van der Waals surface area contributed by atoms with E-state index in [-0.39, 0.29) is 16.8 Å². The van der Waals surface area contributed by atoms with E-state index in [1.807, 2.05) is 20.8 Å². The molecule has 0 heterocycles. The first kappa shape index (κ1) is 17.9. The number of alkyl carbamates (subject to hydrolysis) is 1. The summed E-state index contributed by atoms with van der Waals surface area (Å²) in [4.78, 5) is 11.4. The Hall–Kier alpha value is -0.0700. The van der Waals surface area contributed by atoms with Crippen molar-refractivity contribution in [3.63, 3.8) is 0 Å². The van der Waals surface area contributed by atoms with Gasteiger partial charge in [-0.3, -0.25) is 0 Å². The van der Waals surface area contributed by atoms with E-state index in [1.54, 1.807) is 23.5 Å². The highest BCUT2D eigenvalue weighted by Crippen LogP contribution is 2.35. The molecular formula is C12H25NO3S2. The molecule has 1 amide bonds. The summed E-state index contributed by atoms with van der Waals surface area (Å²) >= 11 is 3.48. The fourth-order valence-electron chi connectivity index (χ4n) is 1.10. The summed E-state index contributed by atoms with van der Waals surface area (Å²) in [5.41, 5.74) is -0.451. The zero-order valence-electron chi connectivity index (χ0n) is 11.9. The minimum Gasteiger partial charge on any atom is -0.444 e. The molecule has 0 bridgehead atoms. The predicted octanol–water partition coefficient (Wildman–Crippen LogP) is 2.71. The zero-order valence-corrected chi connectivity index (χ0v) is 13.5. The van der Waals surface area contributed by atoms with Crippen LogP contribution in [-0.4, -0.2) is 45.5 Å². The maximum absolute atomic E-state index is 11.4. The maximum atomic E-state index is 11.4. The summed E-state index contributed by atoms with van der Waals surface area (Å²) in [6, 6.07) is 0. The Morgan fingerprint density at radius 2 is 1.72 bits per heavy atom. The molecule has 0 unspecified atom stereocenters. The lowest BCUT2D eigenvalue weighted by molar-refractivity contribution is 0.0531. The minimum atomic E-state index is -0.451. The highest BCUT2D eigenvalue weighted by atomic mass is 32.2. The second-order valence-electron chi connectivity index (χ2n) is 5.25. The van der Waals surface area contributed by atoms with Crippen LogP contribution in [0.25, 0.3) is 0 Å². The first-order valence-corrected chi connectivity index (χ1v) is 7.99. The first-order valence-electron chi connectivity index (χ1n) is 6.02. The molecule has 2 N–H and O–H groups in total. The lowest BCUT2D eigenvalue weighted by Gasteiger charge is -2.23. The van der Waals surface area contributed by atoms with Crippen LogP contribution in [0.3, 0.4) is 0 Å². The average molecular weight is 295 g/mol. The van der Waals surface area contributed by atoms with Crippen molar-refractivity contribution in [3.05, 3.63) is 0 Å². The van der Waals surface area contributed by atoms with Crippen molar-refractivity contribution in [2.75, 3.05) is 24.7 Å². The van der Waals surface area contributed by atoms with Gasteiger partial charge in [0.15, 0.2) is 0 Å². The molecule has 18 heavy (non-hydrogen) atoms. The van der Waals surface area contributed by atoms with Gasteiger partial charge in [0.05, 0.1) is 10.7 Å². The van der Waals surface area contributed by atoms with Gasteiger partial charge >= 0.3 is 6.09 Å². The number of hydrogen-bond acceptors (Lipinski definition) is 5. The van der Waals surface area contributed by atoms with E-state index in [0.29, 0.717) is 6.54 Å². The number of nitrogens with one attached hydrogen (secondary N) is 1. The van der Waals surface area contributed by atoms with Gasteiger partial charge in [-0.15, -0.1) is 23.5 Å². The van der Waals surface area contributed by atoms with E-state index in [0.717, 1.165) is 11.5 Å². The van der Waals surface area contributed by atoms with Gasteiger partial charge < -0.3 is 15.2 Å². The predicted molar refractivity (Wildman–Crippen MR) is 80.3 cm³/mol. The molecule has 0 radical (unpaired) electrons. The van der Waals surface area contributed by atoms with Crippen LogP contribution in [0.4, 0.5) is 4.79 Å². The van der Waals surface area contributed by atoms with Gasteiger partial charge in [-0.05, 0) is 34.6 Å². The Labute approximate surface area is 119 Å². The number of carbonyl (C=O) groups excluding carboxylic acids is 1. The van der Waals surface area contributed by atoms with E-state index in [9.17, 15) is 4.79 Å². The normalized spacial score (nSPS) is 12.3. The topological polar surface area (TPSA) is 58.6 Å². The average Bonchev–Trinajstić information content (AvgIpc) is 2.19. The van der Waals surface area contributed by atoms with Crippen LogP contribution in [0.5, 0.6) is 0 Å². The fraction of sp³-hybridized carbons (Fsp3) is 0.917. The Morgan fingerprint density at radius 1 is 1.17 bits per heavy atom. The van der Waals surface area contributed by atoms with Gasteiger partial charge in [0.1, 0.15) is 5.60 Å². The highest BCUT2D eigenvalue weighted by molar-refractivity contribution is 8.18. The molecule has 0 fully saturated rings. The number of carbonyl (C=O) groups is 1. The number of aliphatic hydroxyl groups excluding tert-OH is 1. The molecule has 0 saturated carbocycles. The standard InChI is InChI=1S/C12H25NO3S2/c1-11(2,3)16-10(15)13-6-8-17-12(4,5)18-9-7-14/h14H,6-9H2,1-5H3,(H,13,15). The maximum Gasteiger partial charge on any atom is 0.407 e. The Balaban J connectivity index is 3.70. The van der Waals surface area contributed by atoms with Crippen molar-refractivity contribution in [3.8, 4) is 0 Å². The van der Waals surface area contributed by atoms with Gasteiger partial charge in [-0.1, -0.05) is 0 Å². The third kappa shape index (κ3) is 11.0. The van der Waals surface area contributed by atoms with E-state index in [1.165, 1.54) is 0 Å². The van der Waals surface area contributed by atoms with Crippen LogP contribution in [0.2, 0.25) is 0 Å². The molecule has 6 heteroatoms. The molecule has 0 spiro atoms. The smallest absolute Gasteiger partial charge is 0.407 e. The summed E-state index contributed by atoms with van der Waals surface area (Å²) in [5.74, 6) is 1.56. The molecule has 4 nitrogen and oxygen atoms in total. The third-order valence-corrected chi connectivity index (χ3v) is 4.65. The number of rotatable bonds is 7. The van der Waals surface area contributed by atoms with E-state index in [4.69, 9.17) is 9.84 Å². The minimum absolute atomic E-state index is 0.0539. The van der Waals surface area contributed by atoms with Crippen molar-refractivity contribution < 1.29 is 14.6 Å². The molecule has 0 saturated heterocycles. The van der Waals surface area contributed by atoms with Crippen LogP contribution in [0.1, 0.15) is 34.6 Å². The lowest BCUT2D eigenvalue weighted by atomic mass is 10.2. The molecule has 0 aliphatic rings. The lowest BCUT2D eigenvalue weighted by Crippen LogP contribution is -2.34. The zero-order chi connectivity index (χ0) is 14.2. The Bertz CT molecular complexity index is 252. The Morgan fingerprint density at radius 3 is 2.22 bits per heavy atom. The number of thioether (sulfide) groups is 2. The third-order valence-electron chi connectivity index (χ3n) is 1.76. The SMILES string of the molecule is CC(C)(C)OC(=O)NCCSC(C)(C)SCCO. The van der Waals surface area contributed by atoms with Crippen molar-refractivity contribution in [2.45, 2.75) is 44.3 Å². The summed E-state index contributed by atoms with van der Waals surface area (Å²) in [6.07, 6.45) is -0.371. The highest BCUT2D eigenvalue weighted by Gasteiger charge is 2.19. The first-order chi connectivity index (χ1) is 8.16. The van der Waals surface area contributed by atoms with Gasteiger partial charge in [0, 0.05) is 18.1 Å². The van der Waals surface area contributed by atoms with E-state index >= 15 is 0 Å². The molecule has 0 rings (SSSR count). The number of ether oxygens (including phenoxy) is 1. The molecular weight excluding hydrogens is 270 g/mol. The van der Waals surface area contributed by atoms with Crippen LogP contribution in [0.15, 0.2) is 0 Å². The van der Waals surface area contributed by atoms with Gasteiger partial charge in [-0.25, -0.2) is 4.79 Å². The molecule has 0 aromatic heterocycles. The van der Waals surface area contributed by atoms with Crippen LogP contribution in [0, 0.1) is 0 Å². The van der Waals surface area contributed by atoms with Crippen LogP contribution in [-0.2, 0) is 4.74 Å². The number of hydrogen-bond donors (Lipinski definition) is 2. The Kier molecular flexibility index (Phi) is 8.14. The molecule has 0 aromatic rings. The van der Waals surface area contributed by atoms with Crippen molar-refractivity contribution in [1.82, 2.24) is 5.32 Å². The van der Waals surface area contributed by atoms with Crippen molar-refractivity contribution >= 4 is 29.6 Å². The van der Waals surface area contributed by atoms with E-state index < -0.39 is 5.60 Å². The van der Waals surface area contributed by atoms with Crippen LogP contribution >= 0.6 is 23.5 Å². The molecule has 108 valence electrons. The number of aliphatic hydroxyl groups is 1. The van der Waals surface area contributed by atoms with Gasteiger partial charge in [-0.2, -0.15) is 0 Å². The second-order valence-corrected chi connectivity index (χ2v) is 8.94. The summed E-state index contributed by atoms with van der Waals surface area (Å²) in [5, 5.41) is 11.5.